The summed E-state index contributed by atoms with van der Waals surface area (Å²) in [5.41, 5.74) is 1.15. The molecule has 0 spiro atoms. The van der Waals surface area contributed by atoms with Gasteiger partial charge in [-0.1, -0.05) is 37.6 Å². The van der Waals surface area contributed by atoms with E-state index in [-0.39, 0.29) is 17.3 Å². The molecular formula is C19H21ClN2O5S. The van der Waals surface area contributed by atoms with Gasteiger partial charge in [0.25, 0.3) is 5.91 Å². The van der Waals surface area contributed by atoms with Crippen LogP contribution in [0.2, 0.25) is 5.02 Å². The van der Waals surface area contributed by atoms with Gasteiger partial charge in [0.15, 0.2) is 0 Å². The number of amides is 1. The number of benzene rings is 2. The van der Waals surface area contributed by atoms with E-state index in [0.717, 1.165) is 0 Å². The van der Waals surface area contributed by atoms with Gasteiger partial charge in [-0.05, 0) is 47.9 Å². The number of sulfonamides is 1. The number of rotatable bonds is 8. The predicted octanol–water partition coefficient (Wildman–Crippen LogP) is 2.66. The van der Waals surface area contributed by atoms with Crippen molar-refractivity contribution in [1.29, 1.82) is 0 Å². The molecule has 9 heteroatoms. The van der Waals surface area contributed by atoms with Crippen molar-refractivity contribution in [3.05, 3.63) is 64.7 Å². The maximum atomic E-state index is 12.4. The van der Waals surface area contributed by atoms with Gasteiger partial charge in [0, 0.05) is 17.1 Å². The Kier molecular flexibility index (Phi) is 7.17. The number of carboxylic acids is 1. The summed E-state index contributed by atoms with van der Waals surface area (Å²) in [4.78, 5) is 23.3. The summed E-state index contributed by atoms with van der Waals surface area (Å²) in [5, 5.41) is 12.4. The SMILES string of the molecule is CC(C)[C@@H](NS(=O)(=O)c1ccc(CNC(=O)c2ccc(Cl)cc2)cc1)C(=O)O. The molecule has 0 aromatic heterocycles. The lowest BCUT2D eigenvalue weighted by atomic mass is 10.1. The van der Waals surface area contributed by atoms with Gasteiger partial charge in [-0.3, -0.25) is 9.59 Å². The Labute approximate surface area is 168 Å². The molecule has 0 fully saturated rings. The summed E-state index contributed by atoms with van der Waals surface area (Å²) in [6, 6.07) is 11.1. The van der Waals surface area contributed by atoms with Gasteiger partial charge in [-0.15, -0.1) is 0 Å². The Morgan fingerprint density at radius 3 is 2.11 bits per heavy atom. The summed E-state index contributed by atoms with van der Waals surface area (Å²) in [6.45, 7) is 3.44. The lowest BCUT2D eigenvalue weighted by Crippen LogP contribution is -2.44. The van der Waals surface area contributed by atoms with Crippen molar-refractivity contribution in [2.24, 2.45) is 5.92 Å². The lowest BCUT2D eigenvalue weighted by molar-refractivity contribution is -0.140. The van der Waals surface area contributed by atoms with Crippen LogP contribution in [0.4, 0.5) is 0 Å². The van der Waals surface area contributed by atoms with Crippen LogP contribution >= 0.6 is 11.6 Å². The number of carbonyl (C=O) groups excluding carboxylic acids is 1. The molecule has 7 nitrogen and oxygen atoms in total. The molecule has 0 aliphatic rings. The second-order valence-electron chi connectivity index (χ2n) is 6.51. The number of nitrogens with one attached hydrogen (secondary N) is 2. The molecule has 1 atom stereocenters. The minimum absolute atomic E-state index is 0.0489. The molecule has 0 radical (unpaired) electrons. The van der Waals surface area contributed by atoms with Gasteiger partial charge in [0.1, 0.15) is 6.04 Å². The summed E-state index contributed by atoms with van der Waals surface area (Å²) in [5.74, 6) is -1.92. The van der Waals surface area contributed by atoms with Gasteiger partial charge >= 0.3 is 5.97 Å². The zero-order valence-electron chi connectivity index (χ0n) is 15.3. The van der Waals surface area contributed by atoms with Gasteiger partial charge in [-0.25, -0.2) is 8.42 Å². The van der Waals surface area contributed by atoms with E-state index in [1.807, 2.05) is 0 Å². The molecule has 2 aromatic rings. The van der Waals surface area contributed by atoms with Gasteiger partial charge in [0.05, 0.1) is 4.90 Å². The molecule has 0 aliphatic heterocycles. The van der Waals surface area contributed by atoms with Crippen LogP contribution in [-0.2, 0) is 21.4 Å². The lowest BCUT2D eigenvalue weighted by Gasteiger charge is -2.18. The van der Waals surface area contributed by atoms with Crippen molar-refractivity contribution < 1.29 is 23.1 Å². The van der Waals surface area contributed by atoms with E-state index in [0.29, 0.717) is 16.1 Å². The molecule has 150 valence electrons. The number of halogens is 1. The van der Waals surface area contributed by atoms with Gasteiger partial charge in [-0.2, -0.15) is 4.72 Å². The zero-order chi connectivity index (χ0) is 20.9. The van der Waals surface area contributed by atoms with E-state index in [4.69, 9.17) is 16.7 Å². The molecule has 0 bridgehead atoms. The van der Waals surface area contributed by atoms with E-state index >= 15 is 0 Å². The summed E-state index contributed by atoms with van der Waals surface area (Å²) < 4.78 is 27.0. The van der Waals surface area contributed by atoms with Crippen LogP contribution in [0.15, 0.2) is 53.4 Å². The van der Waals surface area contributed by atoms with E-state index in [1.54, 1.807) is 50.2 Å². The van der Waals surface area contributed by atoms with Gasteiger partial charge in [0.2, 0.25) is 10.0 Å². The van der Waals surface area contributed by atoms with Crippen LogP contribution in [0.3, 0.4) is 0 Å². The third-order valence-corrected chi connectivity index (χ3v) is 5.72. The first kappa shape index (κ1) is 21.9. The van der Waals surface area contributed by atoms with Crippen LogP contribution in [0.1, 0.15) is 29.8 Å². The maximum Gasteiger partial charge on any atom is 0.322 e. The molecule has 2 aromatic carbocycles. The fourth-order valence-electron chi connectivity index (χ4n) is 2.38. The van der Waals surface area contributed by atoms with Crippen LogP contribution in [0.5, 0.6) is 0 Å². The smallest absolute Gasteiger partial charge is 0.322 e. The molecule has 0 unspecified atom stereocenters. The highest BCUT2D eigenvalue weighted by Gasteiger charge is 2.27. The number of carbonyl (C=O) groups is 2. The van der Waals surface area contributed by atoms with Gasteiger partial charge < -0.3 is 10.4 Å². The van der Waals surface area contributed by atoms with Crippen molar-refractivity contribution in [3.8, 4) is 0 Å². The number of hydrogen-bond acceptors (Lipinski definition) is 4. The molecule has 3 N–H and O–H groups in total. The average molecular weight is 425 g/mol. The van der Waals surface area contributed by atoms with Crippen molar-refractivity contribution >= 4 is 33.5 Å². The summed E-state index contributed by atoms with van der Waals surface area (Å²) in [6.07, 6.45) is 0. The number of aliphatic carboxylic acids is 1. The van der Waals surface area contributed by atoms with E-state index in [2.05, 4.69) is 10.0 Å². The second-order valence-corrected chi connectivity index (χ2v) is 8.67. The first-order valence-electron chi connectivity index (χ1n) is 8.48. The molecule has 0 heterocycles. The highest BCUT2D eigenvalue weighted by Crippen LogP contribution is 2.14. The number of carboxylic acid groups (broad SMARTS) is 1. The van der Waals surface area contributed by atoms with Crippen molar-refractivity contribution in [2.45, 2.75) is 31.3 Å². The van der Waals surface area contributed by atoms with Crippen molar-refractivity contribution in [2.75, 3.05) is 0 Å². The van der Waals surface area contributed by atoms with E-state index in [9.17, 15) is 18.0 Å². The Balaban J connectivity index is 2.03. The fraction of sp³-hybridized carbons (Fsp3) is 0.263. The van der Waals surface area contributed by atoms with Crippen LogP contribution in [-0.4, -0.2) is 31.4 Å². The largest absolute Gasteiger partial charge is 0.480 e. The topological polar surface area (TPSA) is 113 Å². The quantitative estimate of drug-likeness (QED) is 0.603. The van der Waals surface area contributed by atoms with E-state index < -0.39 is 28.0 Å². The molecule has 2 rings (SSSR count). The first-order chi connectivity index (χ1) is 13.1. The highest BCUT2D eigenvalue weighted by molar-refractivity contribution is 7.89. The highest BCUT2D eigenvalue weighted by atomic mass is 35.5. The predicted molar refractivity (Wildman–Crippen MR) is 106 cm³/mol. The molecule has 1 amide bonds. The van der Waals surface area contributed by atoms with E-state index in [1.165, 1.54) is 12.1 Å². The van der Waals surface area contributed by atoms with Crippen LogP contribution in [0.25, 0.3) is 0 Å². The average Bonchev–Trinajstić information content (AvgIpc) is 2.64. The Hall–Kier alpha value is -2.42. The molecular weight excluding hydrogens is 404 g/mol. The third-order valence-electron chi connectivity index (χ3n) is 4.01. The zero-order valence-corrected chi connectivity index (χ0v) is 16.9. The molecule has 0 aliphatic carbocycles. The normalized spacial score (nSPS) is 12.6. The monoisotopic (exact) mass is 424 g/mol. The Bertz CT molecular complexity index is 941. The summed E-state index contributed by atoms with van der Waals surface area (Å²) >= 11 is 5.79. The third kappa shape index (κ3) is 5.79. The molecule has 0 saturated heterocycles. The molecule has 28 heavy (non-hydrogen) atoms. The second kappa shape index (κ2) is 9.18. The Morgan fingerprint density at radius 1 is 1.04 bits per heavy atom. The first-order valence-corrected chi connectivity index (χ1v) is 10.3. The minimum Gasteiger partial charge on any atom is -0.480 e. The standard InChI is InChI=1S/C19H21ClN2O5S/c1-12(2)17(19(24)25)22-28(26,27)16-9-3-13(4-10-16)11-21-18(23)14-5-7-15(20)8-6-14/h3-10,12,17,22H,11H2,1-2H3,(H,21,23)(H,24,25)/t17-/m1/s1. The Morgan fingerprint density at radius 2 is 1.61 bits per heavy atom. The fourth-order valence-corrected chi connectivity index (χ4v) is 3.84. The van der Waals surface area contributed by atoms with Crippen molar-refractivity contribution in [1.82, 2.24) is 10.0 Å². The minimum atomic E-state index is -3.98. The number of hydrogen-bond donors (Lipinski definition) is 3. The maximum absolute atomic E-state index is 12.4. The van der Waals surface area contributed by atoms with Crippen molar-refractivity contribution in [3.63, 3.8) is 0 Å². The van der Waals surface area contributed by atoms with Crippen LogP contribution < -0.4 is 10.0 Å². The summed E-state index contributed by atoms with van der Waals surface area (Å²) in [7, 11) is -3.98. The molecule has 0 saturated carbocycles. The van der Waals surface area contributed by atoms with Crippen LogP contribution in [0, 0.1) is 5.92 Å².